The Bertz CT molecular complexity index is 1210. The van der Waals surface area contributed by atoms with Crippen molar-refractivity contribution in [2.75, 3.05) is 6.54 Å². The van der Waals surface area contributed by atoms with Gasteiger partial charge in [-0.3, -0.25) is 14.4 Å². The highest BCUT2D eigenvalue weighted by molar-refractivity contribution is 7.90. The van der Waals surface area contributed by atoms with Gasteiger partial charge in [0.25, 0.3) is 15.9 Å². The Kier molecular flexibility index (Phi) is 8.08. The lowest BCUT2D eigenvalue weighted by Gasteiger charge is -2.33. The van der Waals surface area contributed by atoms with Crippen LogP contribution in [0.4, 0.5) is 0 Å². The van der Waals surface area contributed by atoms with E-state index in [1.165, 1.54) is 23.5 Å². The molecule has 1 aliphatic carbocycles. The van der Waals surface area contributed by atoms with Gasteiger partial charge in [0, 0.05) is 25.6 Å². The molecule has 4 rings (SSSR count). The number of benzene rings is 2. The second-order valence-electron chi connectivity index (χ2n) is 9.40. The lowest BCUT2D eigenvalue weighted by molar-refractivity contribution is -0.141. The molecule has 2 aliphatic rings. The maximum atomic E-state index is 13.5. The summed E-state index contributed by atoms with van der Waals surface area (Å²) >= 11 is 0. The summed E-state index contributed by atoms with van der Waals surface area (Å²) < 4.78 is 26.6. The molecule has 0 saturated heterocycles. The van der Waals surface area contributed by atoms with Crippen LogP contribution in [0.2, 0.25) is 0 Å². The van der Waals surface area contributed by atoms with E-state index in [4.69, 9.17) is 0 Å². The Balaban J connectivity index is 1.51. The molecule has 0 bridgehead atoms. The first-order valence-electron chi connectivity index (χ1n) is 12.6. The first-order valence-corrected chi connectivity index (χ1v) is 14.1. The lowest BCUT2D eigenvalue weighted by atomic mass is 9.95. The van der Waals surface area contributed by atoms with Gasteiger partial charge in [0.1, 0.15) is 10.9 Å². The number of hydrogen-bond acceptors (Lipinski definition) is 5. The van der Waals surface area contributed by atoms with Gasteiger partial charge in [0.2, 0.25) is 11.8 Å². The summed E-state index contributed by atoms with van der Waals surface area (Å²) in [6.07, 6.45) is 5.41. The normalized spacial score (nSPS) is 17.9. The van der Waals surface area contributed by atoms with Gasteiger partial charge in [0.15, 0.2) is 0 Å². The number of amides is 3. The minimum atomic E-state index is -4.00. The Hall–Kier alpha value is -3.20. The Labute approximate surface area is 212 Å². The first-order chi connectivity index (χ1) is 17.3. The highest BCUT2D eigenvalue weighted by Gasteiger charge is 2.41. The van der Waals surface area contributed by atoms with Crippen LogP contribution in [0.3, 0.4) is 0 Å². The van der Waals surface area contributed by atoms with Crippen molar-refractivity contribution in [2.24, 2.45) is 0 Å². The van der Waals surface area contributed by atoms with Crippen LogP contribution >= 0.6 is 0 Å². The Morgan fingerprint density at radius 1 is 1.03 bits per heavy atom. The molecule has 1 unspecified atom stereocenters. The van der Waals surface area contributed by atoms with Crippen LogP contribution in [-0.4, -0.2) is 54.0 Å². The van der Waals surface area contributed by atoms with Crippen molar-refractivity contribution < 1.29 is 22.8 Å². The van der Waals surface area contributed by atoms with Gasteiger partial charge in [-0.05, 0) is 37.0 Å². The second-order valence-corrected chi connectivity index (χ2v) is 11.2. The van der Waals surface area contributed by atoms with Crippen LogP contribution < -0.4 is 5.32 Å². The molecule has 36 heavy (non-hydrogen) atoms. The van der Waals surface area contributed by atoms with E-state index in [1.54, 1.807) is 12.1 Å². The molecule has 1 aliphatic heterocycles. The number of nitrogens with one attached hydrogen (secondary N) is 1. The highest BCUT2D eigenvalue weighted by Crippen LogP contribution is 2.30. The van der Waals surface area contributed by atoms with Crippen LogP contribution in [0.5, 0.6) is 0 Å². The molecule has 192 valence electrons. The first kappa shape index (κ1) is 25.9. The summed E-state index contributed by atoms with van der Waals surface area (Å²) in [7, 11) is -4.00. The lowest BCUT2D eigenvalue weighted by Crippen LogP contribution is -2.52. The van der Waals surface area contributed by atoms with Gasteiger partial charge >= 0.3 is 0 Å². The molecule has 1 atom stereocenters. The van der Waals surface area contributed by atoms with E-state index in [2.05, 4.69) is 5.32 Å². The Morgan fingerprint density at radius 2 is 1.69 bits per heavy atom. The molecular formula is C27H33N3O5S. The number of carbonyl (C=O) groups is 3. The number of rotatable bonds is 9. The number of carbonyl (C=O) groups excluding carboxylic acids is 3. The monoisotopic (exact) mass is 511 g/mol. The molecule has 0 aromatic heterocycles. The average Bonchev–Trinajstić information content (AvgIpc) is 3.08. The SMILES string of the molecule is CCC(C(=O)NC1CCCCC1)N(Cc1ccccc1)C(=O)CCN1C(=O)c2ccccc2S1(=O)=O. The molecule has 0 radical (unpaired) electrons. The van der Waals surface area contributed by atoms with E-state index >= 15 is 0 Å². The van der Waals surface area contributed by atoms with E-state index in [-0.39, 0.29) is 47.8 Å². The van der Waals surface area contributed by atoms with Gasteiger partial charge in [-0.15, -0.1) is 0 Å². The zero-order valence-corrected chi connectivity index (χ0v) is 21.4. The van der Waals surface area contributed by atoms with Crippen LogP contribution in [0.1, 0.15) is 67.8 Å². The number of hydrogen-bond donors (Lipinski definition) is 1. The largest absolute Gasteiger partial charge is 0.352 e. The predicted octanol–water partition coefficient (Wildman–Crippen LogP) is 3.48. The third-order valence-corrected chi connectivity index (χ3v) is 8.81. The topological polar surface area (TPSA) is 104 Å². The molecule has 1 N–H and O–H groups in total. The van der Waals surface area contributed by atoms with E-state index in [1.807, 2.05) is 37.3 Å². The maximum Gasteiger partial charge on any atom is 0.269 e. The summed E-state index contributed by atoms with van der Waals surface area (Å²) in [5, 5.41) is 3.13. The number of nitrogens with zero attached hydrogens (tertiary/aromatic N) is 2. The third-order valence-electron chi connectivity index (χ3n) is 6.97. The fourth-order valence-corrected chi connectivity index (χ4v) is 6.61. The minimum absolute atomic E-state index is 0.0399. The molecule has 3 amide bonds. The maximum absolute atomic E-state index is 13.5. The van der Waals surface area contributed by atoms with Gasteiger partial charge < -0.3 is 10.2 Å². The van der Waals surface area contributed by atoms with Crippen LogP contribution in [-0.2, 0) is 26.2 Å². The fourth-order valence-electron chi connectivity index (χ4n) is 5.04. The molecule has 1 heterocycles. The highest BCUT2D eigenvalue weighted by atomic mass is 32.2. The van der Waals surface area contributed by atoms with E-state index in [9.17, 15) is 22.8 Å². The number of sulfonamides is 1. The van der Waals surface area contributed by atoms with Crippen molar-refractivity contribution >= 4 is 27.7 Å². The average molecular weight is 512 g/mol. The molecule has 2 aromatic carbocycles. The van der Waals surface area contributed by atoms with Crippen molar-refractivity contribution in [3.63, 3.8) is 0 Å². The van der Waals surface area contributed by atoms with Gasteiger partial charge in [-0.2, -0.15) is 0 Å². The molecule has 1 saturated carbocycles. The molecule has 9 heteroatoms. The van der Waals surface area contributed by atoms with E-state index in [0.717, 1.165) is 35.6 Å². The van der Waals surface area contributed by atoms with Crippen molar-refractivity contribution in [3.05, 3.63) is 65.7 Å². The molecule has 8 nitrogen and oxygen atoms in total. The van der Waals surface area contributed by atoms with Crippen molar-refractivity contribution in [1.29, 1.82) is 0 Å². The molecular weight excluding hydrogens is 478 g/mol. The van der Waals surface area contributed by atoms with Crippen molar-refractivity contribution in [2.45, 2.75) is 75.4 Å². The van der Waals surface area contributed by atoms with E-state index < -0.39 is 22.0 Å². The van der Waals surface area contributed by atoms with Crippen LogP contribution in [0.15, 0.2) is 59.5 Å². The van der Waals surface area contributed by atoms with Crippen molar-refractivity contribution in [3.8, 4) is 0 Å². The number of fused-ring (bicyclic) bond motifs is 1. The summed E-state index contributed by atoms with van der Waals surface area (Å²) in [6, 6.07) is 14.9. The summed E-state index contributed by atoms with van der Waals surface area (Å²) in [5.41, 5.74) is 0.983. The van der Waals surface area contributed by atoms with Gasteiger partial charge in [-0.25, -0.2) is 12.7 Å². The van der Waals surface area contributed by atoms with Gasteiger partial charge in [0.05, 0.1) is 5.56 Å². The minimum Gasteiger partial charge on any atom is -0.352 e. The van der Waals surface area contributed by atoms with E-state index in [0.29, 0.717) is 6.42 Å². The van der Waals surface area contributed by atoms with Crippen LogP contribution in [0.25, 0.3) is 0 Å². The van der Waals surface area contributed by atoms with Crippen LogP contribution in [0, 0.1) is 0 Å². The predicted molar refractivity (Wildman–Crippen MR) is 135 cm³/mol. The standard InChI is InChI=1S/C27H33N3O5S/c1-2-23(26(32)28-21-13-7-4-8-14-21)29(19-20-11-5-3-6-12-20)25(31)17-18-30-27(33)22-15-9-10-16-24(22)36(30,34)35/h3,5-6,9-12,15-16,21,23H,2,4,7-8,13-14,17-19H2,1H3,(H,28,32). The molecule has 1 fully saturated rings. The second kappa shape index (κ2) is 11.2. The zero-order valence-electron chi connectivity index (χ0n) is 20.6. The molecule has 0 spiro atoms. The summed E-state index contributed by atoms with van der Waals surface area (Å²) in [5.74, 6) is -1.19. The Morgan fingerprint density at radius 3 is 2.36 bits per heavy atom. The summed E-state index contributed by atoms with van der Waals surface area (Å²) in [6.45, 7) is 1.80. The van der Waals surface area contributed by atoms with Gasteiger partial charge in [-0.1, -0.05) is 68.7 Å². The third kappa shape index (κ3) is 5.46. The summed E-state index contributed by atoms with van der Waals surface area (Å²) in [4.78, 5) is 41.0. The zero-order chi connectivity index (χ0) is 25.7. The smallest absolute Gasteiger partial charge is 0.269 e. The fraction of sp³-hybridized carbons (Fsp3) is 0.444. The molecule has 2 aromatic rings. The van der Waals surface area contributed by atoms with Crippen molar-refractivity contribution in [1.82, 2.24) is 14.5 Å². The quantitative estimate of drug-likeness (QED) is 0.555.